The number of sulfonamides is 1. The SMILES string of the molecule is Cc1ccc(S(=O)(=O)Nc2nc3c(C)cc(NC(=O)Nc4ccccc4F)cc3s2)cc1. The Kier molecular flexibility index (Phi) is 5.81. The number of benzene rings is 3. The lowest BCUT2D eigenvalue weighted by Gasteiger charge is -2.09. The fourth-order valence-corrected chi connectivity index (χ4v) is 5.27. The van der Waals surface area contributed by atoms with Crippen molar-refractivity contribution in [2.24, 2.45) is 0 Å². The van der Waals surface area contributed by atoms with Gasteiger partial charge in [0, 0.05) is 5.69 Å². The van der Waals surface area contributed by atoms with Crippen molar-refractivity contribution >= 4 is 54.1 Å². The molecule has 1 aromatic heterocycles. The van der Waals surface area contributed by atoms with Crippen LogP contribution >= 0.6 is 11.3 Å². The number of rotatable bonds is 5. The number of thiazole rings is 1. The van der Waals surface area contributed by atoms with Crippen LogP contribution in [0.1, 0.15) is 11.1 Å². The third-order valence-corrected chi connectivity index (χ3v) is 7.02. The van der Waals surface area contributed by atoms with Gasteiger partial charge in [0.05, 0.1) is 20.8 Å². The summed E-state index contributed by atoms with van der Waals surface area (Å²) in [6.45, 7) is 3.68. The zero-order chi connectivity index (χ0) is 22.9. The molecule has 0 aliphatic heterocycles. The molecule has 10 heteroatoms. The van der Waals surface area contributed by atoms with Gasteiger partial charge < -0.3 is 10.6 Å². The number of nitrogens with zero attached hydrogens (tertiary/aromatic N) is 1. The Labute approximate surface area is 188 Å². The van der Waals surface area contributed by atoms with Gasteiger partial charge in [-0.15, -0.1) is 0 Å². The number of hydrogen-bond acceptors (Lipinski definition) is 5. The predicted octanol–water partition coefficient (Wildman–Crippen LogP) is 5.50. The molecule has 0 spiro atoms. The molecular weight excluding hydrogens is 451 g/mol. The summed E-state index contributed by atoms with van der Waals surface area (Å²) in [5.41, 5.74) is 2.87. The quantitative estimate of drug-likeness (QED) is 0.359. The summed E-state index contributed by atoms with van der Waals surface area (Å²) in [6, 6.07) is 15.2. The molecule has 0 aliphatic carbocycles. The molecule has 4 rings (SSSR count). The van der Waals surface area contributed by atoms with Gasteiger partial charge >= 0.3 is 6.03 Å². The zero-order valence-corrected chi connectivity index (χ0v) is 18.8. The van der Waals surface area contributed by atoms with Crippen LogP contribution in [0.15, 0.2) is 65.6 Å². The van der Waals surface area contributed by atoms with E-state index in [9.17, 15) is 17.6 Å². The first kappa shape index (κ1) is 21.7. The van der Waals surface area contributed by atoms with E-state index in [2.05, 4.69) is 20.3 Å². The normalized spacial score (nSPS) is 11.3. The number of para-hydroxylation sites is 1. The van der Waals surface area contributed by atoms with Crippen LogP contribution in [0.2, 0.25) is 0 Å². The van der Waals surface area contributed by atoms with Gasteiger partial charge in [0.15, 0.2) is 5.13 Å². The number of fused-ring (bicyclic) bond motifs is 1. The van der Waals surface area contributed by atoms with Crippen molar-refractivity contribution in [2.45, 2.75) is 18.7 Å². The Bertz CT molecular complexity index is 1420. The van der Waals surface area contributed by atoms with Crippen molar-refractivity contribution in [1.29, 1.82) is 0 Å². The Hall–Kier alpha value is -3.50. The summed E-state index contributed by atoms with van der Waals surface area (Å²) in [4.78, 5) is 16.8. The van der Waals surface area contributed by atoms with Crippen LogP contribution in [0, 0.1) is 19.7 Å². The van der Waals surface area contributed by atoms with Gasteiger partial charge in [-0.2, -0.15) is 0 Å². The Balaban J connectivity index is 1.55. The van der Waals surface area contributed by atoms with Crippen molar-refractivity contribution in [3.05, 3.63) is 77.6 Å². The number of anilines is 3. The predicted molar refractivity (Wildman–Crippen MR) is 125 cm³/mol. The topological polar surface area (TPSA) is 100 Å². The molecule has 0 atom stereocenters. The van der Waals surface area contributed by atoms with Crippen LogP contribution in [0.4, 0.5) is 25.7 Å². The summed E-state index contributed by atoms with van der Waals surface area (Å²) in [5, 5.41) is 5.34. The second-order valence-corrected chi connectivity index (χ2v) is 9.85. The fraction of sp³-hybridized carbons (Fsp3) is 0.0909. The van der Waals surface area contributed by atoms with Crippen molar-refractivity contribution in [3.63, 3.8) is 0 Å². The molecule has 0 saturated carbocycles. The fourth-order valence-electron chi connectivity index (χ4n) is 3.05. The molecule has 0 bridgehead atoms. The van der Waals surface area contributed by atoms with Crippen LogP contribution < -0.4 is 15.4 Å². The van der Waals surface area contributed by atoms with E-state index in [4.69, 9.17) is 0 Å². The van der Waals surface area contributed by atoms with Gasteiger partial charge in [-0.05, 0) is 55.8 Å². The number of carbonyl (C=O) groups is 1. The minimum absolute atomic E-state index is 0.0633. The summed E-state index contributed by atoms with van der Waals surface area (Å²) in [6.07, 6.45) is 0. The lowest BCUT2D eigenvalue weighted by molar-refractivity contribution is 0.262. The number of amides is 2. The van der Waals surface area contributed by atoms with Crippen LogP contribution in [0.25, 0.3) is 10.2 Å². The molecule has 3 N–H and O–H groups in total. The van der Waals surface area contributed by atoms with Gasteiger partial charge in [-0.3, -0.25) is 4.72 Å². The van der Waals surface area contributed by atoms with E-state index in [1.54, 1.807) is 37.3 Å². The number of hydrogen-bond donors (Lipinski definition) is 3. The molecule has 0 unspecified atom stereocenters. The maximum Gasteiger partial charge on any atom is 0.323 e. The largest absolute Gasteiger partial charge is 0.323 e. The molecule has 3 aromatic carbocycles. The molecule has 2 amide bonds. The first-order valence-electron chi connectivity index (χ1n) is 9.54. The number of urea groups is 1. The Morgan fingerprint density at radius 3 is 2.44 bits per heavy atom. The standard InChI is InChI=1S/C22H19FN4O3S2/c1-13-7-9-16(10-8-13)32(29,30)27-22-26-20-14(2)11-15(12-19(20)31-22)24-21(28)25-18-6-4-3-5-17(18)23/h3-12H,1-2H3,(H,26,27)(H2,24,25,28). The molecule has 0 aliphatic rings. The monoisotopic (exact) mass is 470 g/mol. The molecule has 32 heavy (non-hydrogen) atoms. The maximum atomic E-state index is 13.7. The average Bonchev–Trinajstić information content (AvgIpc) is 3.12. The zero-order valence-electron chi connectivity index (χ0n) is 17.1. The molecule has 4 aromatic rings. The van der Waals surface area contributed by atoms with Crippen LogP contribution in [-0.2, 0) is 10.0 Å². The van der Waals surface area contributed by atoms with Crippen LogP contribution in [0.3, 0.4) is 0 Å². The minimum Gasteiger partial charge on any atom is -0.308 e. The molecule has 7 nitrogen and oxygen atoms in total. The van der Waals surface area contributed by atoms with Crippen molar-refractivity contribution in [3.8, 4) is 0 Å². The van der Waals surface area contributed by atoms with Crippen molar-refractivity contribution in [1.82, 2.24) is 4.98 Å². The van der Waals surface area contributed by atoms with Gasteiger partial charge in [0.2, 0.25) is 0 Å². The van der Waals surface area contributed by atoms with E-state index in [1.165, 1.54) is 30.3 Å². The van der Waals surface area contributed by atoms with Crippen molar-refractivity contribution in [2.75, 3.05) is 15.4 Å². The number of halogens is 1. The van der Waals surface area contributed by atoms with E-state index in [0.717, 1.165) is 22.5 Å². The highest BCUT2D eigenvalue weighted by atomic mass is 32.2. The number of carbonyl (C=O) groups excluding carboxylic acids is 1. The van der Waals surface area contributed by atoms with Gasteiger partial charge in [0.25, 0.3) is 10.0 Å². The third-order valence-electron chi connectivity index (χ3n) is 4.62. The first-order valence-corrected chi connectivity index (χ1v) is 11.8. The second-order valence-electron chi connectivity index (χ2n) is 7.14. The van der Waals surface area contributed by atoms with E-state index in [1.807, 2.05) is 6.92 Å². The molecule has 0 fully saturated rings. The number of aryl methyl sites for hydroxylation is 2. The van der Waals surface area contributed by atoms with Crippen LogP contribution in [-0.4, -0.2) is 19.4 Å². The molecule has 1 heterocycles. The smallest absolute Gasteiger partial charge is 0.308 e. The first-order chi connectivity index (χ1) is 15.2. The minimum atomic E-state index is -3.78. The van der Waals surface area contributed by atoms with Gasteiger partial charge in [-0.1, -0.05) is 41.2 Å². The molecule has 0 saturated heterocycles. The molecular formula is C22H19FN4O3S2. The summed E-state index contributed by atoms with van der Waals surface area (Å²) < 4.78 is 42.2. The molecule has 0 radical (unpaired) electrons. The van der Waals surface area contributed by atoms with E-state index in [-0.39, 0.29) is 15.7 Å². The third kappa shape index (κ3) is 4.71. The van der Waals surface area contributed by atoms with Gasteiger partial charge in [0.1, 0.15) is 5.82 Å². The maximum absolute atomic E-state index is 13.7. The summed E-state index contributed by atoms with van der Waals surface area (Å²) in [5.74, 6) is -0.540. The lowest BCUT2D eigenvalue weighted by Crippen LogP contribution is -2.20. The van der Waals surface area contributed by atoms with E-state index >= 15 is 0 Å². The summed E-state index contributed by atoms with van der Waals surface area (Å²) in [7, 11) is -3.78. The lowest BCUT2D eigenvalue weighted by atomic mass is 10.2. The highest BCUT2D eigenvalue weighted by Gasteiger charge is 2.17. The average molecular weight is 471 g/mol. The number of nitrogens with one attached hydrogen (secondary N) is 3. The second kappa shape index (κ2) is 8.56. The summed E-state index contributed by atoms with van der Waals surface area (Å²) >= 11 is 1.15. The van der Waals surface area contributed by atoms with Crippen molar-refractivity contribution < 1.29 is 17.6 Å². The highest BCUT2D eigenvalue weighted by molar-refractivity contribution is 7.93. The molecule has 164 valence electrons. The Morgan fingerprint density at radius 1 is 1.00 bits per heavy atom. The number of aromatic nitrogens is 1. The van der Waals surface area contributed by atoms with E-state index in [0.29, 0.717) is 15.9 Å². The van der Waals surface area contributed by atoms with Crippen LogP contribution in [0.5, 0.6) is 0 Å². The van der Waals surface area contributed by atoms with E-state index < -0.39 is 21.9 Å². The van der Waals surface area contributed by atoms with Gasteiger partial charge in [-0.25, -0.2) is 22.6 Å². The Morgan fingerprint density at radius 2 is 1.72 bits per heavy atom. The highest BCUT2D eigenvalue weighted by Crippen LogP contribution is 2.32.